The molecule has 0 spiro atoms. The summed E-state index contributed by atoms with van der Waals surface area (Å²) in [6.45, 7) is 1.05. The highest BCUT2D eigenvalue weighted by Gasteiger charge is 2.24. The van der Waals surface area contributed by atoms with Gasteiger partial charge in [0.15, 0.2) is 6.61 Å². The fourth-order valence-corrected chi connectivity index (χ4v) is 5.51. The van der Waals surface area contributed by atoms with E-state index in [4.69, 9.17) is 4.74 Å². The molecule has 166 valence electrons. The minimum absolute atomic E-state index is 0.0366. The lowest BCUT2D eigenvalue weighted by molar-refractivity contribution is -0.119. The molecule has 2 aromatic rings. The number of nitrogens with zero attached hydrogens (tertiary/aromatic N) is 2. The smallest absolute Gasteiger partial charge is 0.338 e. The van der Waals surface area contributed by atoms with Gasteiger partial charge in [-0.15, -0.1) is 0 Å². The number of hydrogen-bond acceptors (Lipinski definition) is 7. The summed E-state index contributed by atoms with van der Waals surface area (Å²) in [5.41, 5.74) is 2.47. The fraction of sp³-hybridized carbons (Fsp3) is 0.304. The third kappa shape index (κ3) is 5.52. The Labute approximate surface area is 195 Å². The van der Waals surface area contributed by atoms with Gasteiger partial charge in [0.25, 0.3) is 5.91 Å². The van der Waals surface area contributed by atoms with E-state index in [-0.39, 0.29) is 5.91 Å². The predicted octanol–water partition coefficient (Wildman–Crippen LogP) is 3.94. The summed E-state index contributed by atoms with van der Waals surface area (Å²) >= 11 is 3.32. The van der Waals surface area contributed by atoms with Gasteiger partial charge in [0.2, 0.25) is 5.91 Å². The molecule has 1 fully saturated rings. The van der Waals surface area contributed by atoms with Gasteiger partial charge >= 0.3 is 5.97 Å². The van der Waals surface area contributed by atoms with Crippen molar-refractivity contribution in [2.75, 3.05) is 35.7 Å². The molecular weight excluding hydrogens is 446 g/mol. The first-order valence-corrected chi connectivity index (χ1v) is 12.3. The van der Waals surface area contributed by atoms with E-state index in [2.05, 4.69) is 10.3 Å². The number of carbonyl (C=O) groups excluding carboxylic acids is 3. The summed E-state index contributed by atoms with van der Waals surface area (Å²) in [7, 11) is 0. The molecule has 0 bridgehead atoms. The van der Waals surface area contributed by atoms with Gasteiger partial charge in [-0.05, 0) is 30.2 Å². The first kappa shape index (κ1) is 22.4. The number of esters is 1. The number of benzene rings is 2. The lowest BCUT2D eigenvalue weighted by Crippen LogP contribution is -2.27. The highest BCUT2D eigenvalue weighted by molar-refractivity contribution is 8.38. The van der Waals surface area contributed by atoms with Gasteiger partial charge in [0.1, 0.15) is 4.38 Å². The highest BCUT2D eigenvalue weighted by atomic mass is 32.2. The third-order valence-corrected chi connectivity index (χ3v) is 7.32. The molecule has 0 unspecified atom stereocenters. The molecular formula is C23H23N3O4S2. The average Bonchev–Trinajstić information content (AvgIpc) is 3.48. The molecule has 0 radical (unpaired) electrons. The second-order valence-electron chi connectivity index (χ2n) is 7.23. The molecule has 9 heteroatoms. The Morgan fingerprint density at radius 3 is 2.75 bits per heavy atom. The Morgan fingerprint density at radius 2 is 1.97 bits per heavy atom. The van der Waals surface area contributed by atoms with E-state index in [1.807, 2.05) is 18.2 Å². The number of para-hydroxylation sites is 2. The molecule has 1 saturated heterocycles. The molecule has 0 saturated carbocycles. The summed E-state index contributed by atoms with van der Waals surface area (Å²) in [4.78, 5) is 43.3. The summed E-state index contributed by atoms with van der Waals surface area (Å²) in [5.74, 6) is 0.646. The first-order valence-electron chi connectivity index (χ1n) is 10.4. The van der Waals surface area contributed by atoms with Gasteiger partial charge in [-0.2, -0.15) is 0 Å². The number of thioether (sulfide) groups is 2. The molecule has 0 aliphatic carbocycles. The zero-order chi connectivity index (χ0) is 22.3. The van der Waals surface area contributed by atoms with Crippen molar-refractivity contribution >= 4 is 57.1 Å². The van der Waals surface area contributed by atoms with Crippen LogP contribution in [-0.2, 0) is 20.1 Å². The zero-order valence-electron chi connectivity index (χ0n) is 17.4. The van der Waals surface area contributed by atoms with Gasteiger partial charge in [0, 0.05) is 24.5 Å². The minimum Gasteiger partial charge on any atom is -0.452 e. The van der Waals surface area contributed by atoms with Crippen LogP contribution in [0.2, 0.25) is 0 Å². The van der Waals surface area contributed by atoms with E-state index in [9.17, 15) is 14.4 Å². The number of hydrogen-bond donors (Lipinski definition) is 1. The van der Waals surface area contributed by atoms with Crippen molar-refractivity contribution < 1.29 is 19.1 Å². The molecule has 7 nitrogen and oxygen atoms in total. The van der Waals surface area contributed by atoms with Crippen LogP contribution in [0, 0.1) is 0 Å². The molecule has 4 rings (SSSR count). The van der Waals surface area contributed by atoms with Gasteiger partial charge in [-0.3, -0.25) is 14.6 Å². The van der Waals surface area contributed by atoms with Crippen LogP contribution in [-0.4, -0.2) is 47.6 Å². The summed E-state index contributed by atoms with van der Waals surface area (Å²) < 4.78 is 6.32. The number of anilines is 2. The van der Waals surface area contributed by atoms with E-state index in [1.54, 1.807) is 58.8 Å². The number of amides is 2. The second-order valence-corrected chi connectivity index (χ2v) is 9.54. The van der Waals surface area contributed by atoms with Crippen molar-refractivity contribution in [1.82, 2.24) is 0 Å². The lowest BCUT2D eigenvalue weighted by Gasteiger charge is -2.20. The predicted molar refractivity (Wildman–Crippen MR) is 129 cm³/mol. The Kier molecular flexibility index (Phi) is 7.49. The topological polar surface area (TPSA) is 88.1 Å². The number of rotatable bonds is 7. The Bertz CT molecular complexity index is 1060. The van der Waals surface area contributed by atoms with Crippen LogP contribution in [0.25, 0.3) is 0 Å². The van der Waals surface area contributed by atoms with Crippen LogP contribution in [0.1, 0.15) is 28.8 Å². The van der Waals surface area contributed by atoms with Crippen molar-refractivity contribution in [3.8, 4) is 0 Å². The van der Waals surface area contributed by atoms with Crippen molar-refractivity contribution in [2.24, 2.45) is 4.99 Å². The second kappa shape index (κ2) is 10.7. The number of ether oxygens (including phenoxy) is 1. The van der Waals surface area contributed by atoms with Crippen LogP contribution < -0.4 is 10.2 Å². The fourth-order valence-electron chi connectivity index (χ4n) is 3.50. The van der Waals surface area contributed by atoms with Gasteiger partial charge in [-0.1, -0.05) is 53.9 Å². The van der Waals surface area contributed by atoms with Gasteiger partial charge < -0.3 is 15.0 Å². The van der Waals surface area contributed by atoms with E-state index < -0.39 is 18.5 Å². The number of carbonyl (C=O) groups is 3. The number of nitrogens with one attached hydrogen (secondary N) is 1. The molecule has 1 N–H and O–H groups in total. The first-order chi connectivity index (χ1) is 15.6. The molecule has 2 aromatic carbocycles. The minimum atomic E-state index is -0.541. The maximum Gasteiger partial charge on any atom is 0.338 e. The zero-order valence-corrected chi connectivity index (χ0v) is 19.0. The molecule has 2 aliphatic heterocycles. The maximum atomic E-state index is 12.6. The largest absolute Gasteiger partial charge is 0.452 e. The summed E-state index contributed by atoms with van der Waals surface area (Å²) in [6, 6.07) is 14.4. The highest BCUT2D eigenvalue weighted by Crippen LogP contribution is 2.29. The van der Waals surface area contributed by atoms with Crippen molar-refractivity contribution in [3.63, 3.8) is 0 Å². The molecule has 0 aromatic heterocycles. The van der Waals surface area contributed by atoms with E-state index in [0.29, 0.717) is 35.7 Å². The lowest BCUT2D eigenvalue weighted by atomic mass is 10.1. The molecule has 2 amide bonds. The molecule has 0 atom stereocenters. The molecule has 2 heterocycles. The van der Waals surface area contributed by atoms with Gasteiger partial charge in [-0.25, -0.2) is 4.79 Å². The Hall–Kier alpha value is -2.78. The molecule has 32 heavy (non-hydrogen) atoms. The summed E-state index contributed by atoms with van der Waals surface area (Å²) in [6.07, 6.45) is 1.30. The average molecular weight is 470 g/mol. The standard InChI is InChI=1S/C23H23N3O4S2/c27-20(25-18-8-3-4-9-19(18)26-12-5-10-21(26)28)14-30-22(29)17-7-2-1-6-16(17)15-32-23-24-11-13-31-23/h1-4,6-9H,5,10-15H2,(H,25,27). The SMILES string of the molecule is O=C(COC(=O)c1ccccc1CSC1=NCCS1)Nc1ccccc1N1CCCC1=O. The van der Waals surface area contributed by atoms with Crippen LogP contribution >= 0.6 is 23.5 Å². The van der Waals surface area contributed by atoms with Gasteiger partial charge in [0.05, 0.1) is 23.5 Å². The van der Waals surface area contributed by atoms with E-state index in [1.165, 1.54) is 0 Å². The Balaban J connectivity index is 1.35. The van der Waals surface area contributed by atoms with Crippen LogP contribution in [0.3, 0.4) is 0 Å². The monoisotopic (exact) mass is 469 g/mol. The van der Waals surface area contributed by atoms with Crippen molar-refractivity contribution in [2.45, 2.75) is 18.6 Å². The van der Waals surface area contributed by atoms with E-state index >= 15 is 0 Å². The van der Waals surface area contributed by atoms with Crippen LogP contribution in [0.5, 0.6) is 0 Å². The number of aliphatic imine (C=N–C) groups is 1. The van der Waals surface area contributed by atoms with Crippen LogP contribution in [0.15, 0.2) is 53.5 Å². The van der Waals surface area contributed by atoms with Crippen molar-refractivity contribution in [3.05, 3.63) is 59.7 Å². The van der Waals surface area contributed by atoms with E-state index in [0.717, 1.165) is 28.7 Å². The normalized spacial score (nSPS) is 15.6. The van der Waals surface area contributed by atoms with Crippen LogP contribution in [0.4, 0.5) is 11.4 Å². The molecule has 2 aliphatic rings. The summed E-state index contributed by atoms with van der Waals surface area (Å²) in [5, 5.41) is 2.76. The quantitative estimate of drug-likeness (QED) is 0.618. The maximum absolute atomic E-state index is 12.6. The Morgan fingerprint density at radius 1 is 1.16 bits per heavy atom. The third-order valence-electron chi connectivity index (χ3n) is 5.02. The van der Waals surface area contributed by atoms with Crippen molar-refractivity contribution in [1.29, 1.82) is 0 Å².